The summed E-state index contributed by atoms with van der Waals surface area (Å²) in [6.45, 7) is 5.59. The Kier molecular flexibility index (Phi) is 4.02. The first-order valence-electron chi connectivity index (χ1n) is 4.84. The van der Waals surface area contributed by atoms with Crippen molar-refractivity contribution in [1.82, 2.24) is 10.6 Å². The lowest BCUT2D eigenvalue weighted by atomic mass is 10.2. The van der Waals surface area contributed by atoms with Gasteiger partial charge in [0.15, 0.2) is 0 Å². The van der Waals surface area contributed by atoms with Gasteiger partial charge in [-0.2, -0.15) is 0 Å². The molecule has 2 N–H and O–H groups in total. The third-order valence-corrected chi connectivity index (χ3v) is 1.89. The van der Waals surface area contributed by atoms with Gasteiger partial charge in [-0.3, -0.25) is 0 Å². The summed E-state index contributed by atoms with van der Waals surface area (Å²) in [5.74, 6) is 0.482. The van der Waals surface area contributed by atoms with E-state index >= 15 is 0 Å². The number of ether oxygens (including phenoxy) is 1. The van der Waals surface area contributed by atoms with Gasteiger partial charge in [0.2, 0.25) is 0 Å². The summed E-state index contributed by atoms with van der Waals surface area (Å²) in [5.41, 5.74) is 0. The molecule has 1 fully saturated rings. The van der Waals surface area contributed by atoms with Crippen LogP contribution in [-0.2, 0) is 4.74 Å². The first kappa shape index (κ1) is 10.3. The van der Waals surface area contributed by atoms with Crippen molar-refractivity contribution in [3.63, 3.8) is 0 Å². The molecule has 1 aliphatic rings. The Hall–Kier alpha value is -0.770. The molecule has 76 valence electrons. The number of hydrogen-bond donors (Lipinski definition) is 2. The van der Waals surface area contributed by atoms with Crippen molar-refractivity contribution in [3.05, 3.63) is 0 Å². The summed E-state index contributed by atoms with van der Waals surface area (Å²) in [5, 5.41) is 5.54. The van der Waals surface area contributed by atoms with E-state index in [1.54, 1.807) is 0 Å². The van der Waals surface area contributed by atoms with Crippen molar-refractivity contribution in [1.29, 1.82) is 0 Å². The Balaban J connectivity index is 2.09. The van der Waals surface area contributed by atoms with E-state index in [1.165, 1.54) is 0 Å². The van der Waals surface area contributed by atoms with Crippen LogP contribution in [0.5, 0.6) is 0 Å². The third-order valence-electron chi connectivity index (χ3n) is 1.89. The van der Waals surface area contributed by atoms with Crippen molar-refractivity contribution in [2.75, 3.05) is 13.2 Å². The molecular weight excluding hydrogens is 168 g/mol. The number of nitrogens with one attached hydrogen (secondary N) is 2. The largest absolute Gasteiger partial charge is 0.358 e. The lowest BCUT2D eigenvalue weighted by Gasteiger charge is -2.13. The van der Waals surface area contributed by atoms with Crippen molar-refractivity contribution < 1.29 is 9.53 Å². The molecule has 0 spiro atoms. The maximum Gasteiger partial charge on any atom is 0.316 e. The number of hydrogen-bond acceptors (Lipinski definition) is 2. The van der Waals surface area contributed by atoms with Gasteiger partial charge in [0.25, 0.3) is 0 Å². The minimum absolute atomic E-state index is 0.0767. The Morgan fingerprint density at radius 2 is 2.38 bits per heavy atom. The Bertz CT molecular complexity index is 165. The summed E-state index contributed by atoms with van der Waals surface area (Å²) in [6, 6.07) is -0.124. The van der Waals surface area contributed by atoms with Gasteiger partial charge < -0.3 is 15.4 Å². The summed E-state index contributed by atoms with van der Waals surface area (Å²) in [6.07, 6.45) is 1.89. The van der Waals surface area contributed by atoms with E-state index in [-0.39, 0.29) is 12.3 Å². The molecule has 2 amide bonds. The molecule has 4 nitrogen and oxygen atoms in total. The van der Waals surface area contributed by atoms with Crippen LogP contribution in [0.15, 0.2) is 0 Å². The molecule has 1 unspecified atom stereocenters. The Morgan fingerprint density at radius 3 is 2.92 bits per heavy atom. The summed E-state index contributed by atoms with van der Waals surface area (Å²) < 4.78 is 5.26. The molecular formula is C9H18N2O2. The second kappa shape index (κ2) is 5.07. The average molecular weight is 186 g/mol. The average Bonchev–Trinajstić information content (AvgIpc) is 2.53. The topological polar surface area (TPSA) is 50.4 Å². The molecule has 0 aromatic rings. The smallest absolute Gasteiger partial charge is 0.316 e. The number of carbonyl (C=O) groups excluding carboxylic acids is 1. The fourth-order valence-corrected chi connectivity index (χ4v) is 1.19. The summed E-state index contributed by atoms with van der Waals surface area (Å²) >= 11 is 0. The number of rotatable bonds is 3. The molecule has 13 heavy (non-hydrogen) atoms. The second-order valence-corrected chi connectivity index (χ2v) is 3.75. The molecule has 1 saturated heterocycles. The van der Waals surface area contributed by atoms with Crippen LogP contribution in [0, 0.1) is 5.92 Å². The molecule has 0 radical (unpaired) electrons. The highest BCUT2D eigenvalue weighted by atomic mass is 16.5. The van der Waals surface area contributed by atoms with Gasteiger partial charge in [0.1, 0.15) is 6.23 Å². The zero-order valence-corrected chi connectivity index (χ0v) is 8.30. The highest BCUT2D eigenvalue weighted by molar-refractivity contribution is 5.73. The van der Waals surface area contributed by atoms with Gasteiger partial charge >= 0.3 is 6.03 Å². The molecule has 0 bridgehead atoms. The van der Waals surface area contributed by atoms with E-state index in [0.717, 1.165) is 19.4 Å². The van der Waals surface area contributed by atoms with E-state index in [1.807, 2.05) is 0 Å². The molecule has 4 heteroatoms. The van der Waals surface area contributed by atoms with Crippen molar-refractivity contribution >= 4 is 6.03 Å². The highest BCUT2D eigenvalue weighted by Crippen LogP contribution is 2.08. The lowest BCUT2D eigenvalue weighted by molar-refractivity contribution is 0.0906. The maximum absolute atomic E-state index is 11.2. The highest BCUT2D eigenvalue weighted by Gasteiger charge is 2.16. The molecule has 0 aliphatic carbocycles. The van der Waals surface area contributed by atoms with Crippen molar-refractivity contribution in [3.8, 4) is 0 Å². The fourth-order valence-electron chi connectivity index (χ4n) is 1.19. The Morgan fingerprint density at radius 1 is 1.62 bits per heavy atom. The van der Waals surface area contributed by atoms with Crippen LogP contribution in [0.1, 0.15) is 26.7 Å². The molecule has 1 atom stereocenters. The first-order valence-corrected chi connectivity index (χ1v) is 4.84. The zero-order valence-electron chi connectivity index (χ0n) is 8.30. The van der Waals surface area contributed by atoms with E-state index in [9.17, 15) is 4.79 Å². The van der Waals surface area contributed by atoms with Crippen LogP contribution in [0.25, 0.3) is 0 Å². The molecule has 1 rings (SSSR count). The minimum Gasteiger partial charge on any atom is -0.358 e. The van der Waals surface area contributed by atoms with Gasteiger partial charge in [-0.05, 0) is 18.8 Å². The van der Waals surface area contributed by atoms with Gasteiger partial charge in [-0.1, -0.05) is 13.8 Å². The van der Waals surface area contributed by atoms with Crippen LogP contribution in [0.2, 0.25) is 0 Å². The standard InChI is InChI=1S/C9H18N2O2/c1-7(2)6-10-9(12)11-8-4-3-5-13-8/h7-8H,3-6H2,1-2H3,(H2,10,11,12). The van der Waals surface area contributed by atoms with Crippen LogP contribution < -0.4 is 10.6 Å². The second-order valence-electron chi connectivity index (χ2n) is 3.75. The number of amides is 2. The van der Waals surface area contributed by atoms with Gasteiger partial charge in [-0.25, -0.2) is 4.79 Å². The van der Waals surface area contributed by atoms with E-state index < -0.39 is 0 Å². The monoisotopic (exact) mass is 186 g/mol. The number of carbonyl (C=O) groups is 1. The molecule has 0 aromatic heterocycles. The van der Waals surface area contributed by atoms with Crippen LogP contribution in [0.4, 0.5) is 4.79 Å². The molecule has 1 heterocycles. The summed E-state index contributed by atoms with van der Waals surface area (Å²) in [7, 11) is 0. The van der Waals surface area contributed by atoms with E-state index in [0.29, 0.717) is 12.5 Å². The third kappa shape index (κ3) is 4.12. The number of urea groups is 1. The quantitative estimate of drug-likeness (QED) is 0.693. The Labute approximate surface area is 79.0 Å². The van der Waals surface area contributed by atoms with Gasteiger partial charge in [0, 0.05) is 13.2 Å². The lowest BCUT2D eigenvalue weighted by Crippen LogP contribution is -2.42. The predicted molar refractivity (Wildman–Crippen MR) is 50.3 cm³/mol. The van der Waals surface area contributed by atoms with E-state index in [4.69, 9.17) is 4.74 Å². The van der Waals surface area contributed by atoms with Crippen LogP contribution >= 0.6 is 0 Å². The zero-order chi connectivity index (χ0) is 9.68. The molecule has 0 aromatic carbocycles. The molecule has 1 aliphatic heterocycles. The predicted octanol–water partition coefficient (Wildman–Crippen LogP) is 1.08. The van der Waals surface area contributed by atoms with E-state index in [2.05, 4.69) is 24.5 Å². The van der Waals surface area contributed by atoms with Crippen LogP contribution in [0.3, 0.4) is 0 Å². The maximum atomic E-state index is 11.2. The van der Waals surface area contributed by atoms with Crippen molar-refractivity contribution in [2.45, 2.75) is 32.9 Å². The van der Waals surface area contributed by atoms with Gasteiger partial charge in [-0.15, -0.1) is 0 Å². The first-order chi connectivity index (χ1) is 6.18. The van der Waals surface area contributed by atoms with Gasteiger partial charge in [0.05, 0.1) is 0 Å². The molecule has 0 saturated carbocycles. The fraction of sp³-hybridized carbons (Fsp3) is 0.889. The summed E-state index contributed by atoms with van der Waals surface area (Å²) in [4.78, 5) is 11.2. The minimum atomic E-state index is -0.124. The normalized spacial score (nSPS) is 21.9. The SMILES string of the molecule is CC(C)CNC(=O)NC1CCCO1. The van der Waals surface area contributed by atoms with Crippen LogP contribution in [-0.4, -0.2) is 25.4 Å². The van der Waals surface area contributed by atoms with Crippen molar-refractivity contribution in [2.24, 2.45) is 5.92 Å².